The van der Waals surface area contributed by atoms with Crippen LogP contribution in [-0.2, 0) is 6.18 Å². The Morgan fingerprint density at radius 1 is 1.13 bits per heavy atom. The molecule has 2 rings (SSSR count). The summed E-state index contributed by atoms with van der Waals surface area (Å²) in [6, 6.07) is 7.47. The Morgan fingerprint density at radius 3 is 2.43 bits per heavy atom. The average Bonchev–Trinajstić information content (AvgIpc) is 2.48. The van der Waals surface area contributed by atoms with Crippen LogP contribution in [0.3, 0.4) is 0 Å². The van der Waals surface area contributed by atoms with Gasteiger partial charge in [0.15, 0.2) is 0 Å². The smallest absolute Gasteiger partial charge is 0.417 e. The highest BCUT2D eigenvalue weighted by Gasteiger charge is 2.33. The van der Waals surface area contributed by atoms with E-state index in [9.17, 15) is 18.0 Å². The summed E-state index contributed by atoms with van der Waals surface area (Å²) >= 11 is 11.4. The van der Waals surface area contributed by atoms with Crippen molar-refractivity contribution in [2.75, 3.05) is 12.4 Å². The molecule has 0 saturated heterocycles. The van der Waals surface area contributed by atoms with Crippen molar-refractivity contribution in [3.63, 3.8) is 0 Å². The zero-order valence-electron chi connectivity index (χ0n) is 11.7. The average molecular weight is 364 g/mol. The summed E-state index contributed by atoms with van der Waals surface area (Å²) in [6.07, 6.45) is -4.62. The van der Waals surface area contributed by atoms with Crippen LogP contribution in [-0.4, -0.2) is 13.0 Å². The van der Waals surface area contributed by atoms with Crippen LogP contribution in [0.25, 0.3) is 0 Å². The second-order valence-electron chi connectivity index (χ2n) is 4.49. The molecule has 3 nitrogen and oxygen atoms in total. The minimum atomic E-state index is -4.62. The molecule has 122 valence electrons. The molecular formula is C15H10Cl2F3NO2. The van der Waals surface area contributed by atoms with Gasteiger partial charge in [0.2, 0.25) is 0 Å². The molecule has 0 spiro atoms. The number of rotatable bonds is 3. The lowest BCUT2D eigenvalue weighted by Crippen LogP contribution is -2.14. The summed E-state index contributed by atoms with van der Waals surface area (Å²) in [7, 11) is 1.37. The number of carbonyl (C=O) groups is 1. The Balaban J connectivity index is 2.33. The van der Waals surface area contributed by atoms with E-state index in [4.69, 9.17) is 27.9 Å². The van der Waals surface area contributed by atoms with Gasteiger partial charge in [0.1, 0.15) is 5.75 Å². The number of hydrogen-bond acceptors (Lipinski definition) is 2. The van der Waals surface area contributed by atoms with Crippen molar-refractivity contribution in [1.29, 1.82) is 0 Å². The third-order valence-electron chi connectivity index (χ3n) is 2.94. The molecule has 0 unspecified atom stereocenters. The van der Waals surface area contributed by atoms with Crippen LogP contribution in [0.1, 0.15) is 15.9 Å². The van der Waals surface area contributed by atoms with Crippen molar-refractivity contribution in [3.05, 3.63) is 57.6 Å². The second-order valence-corrected chi connectivity index (χ2v) is 5.33. The highest BCUT2D eigenvalue weighted by molar-refractivity contribution is 6.31. The van der Waals surface area contributed by atoms with Crippen LogP contribution in [0.15, 0.2) is 36.4 Å². The van der Waals surface area contributed by atoms with Gasteiger partial charge in [-0.3, -0.25) is 4.79 Å². The minimum Gasteiger partial charge on any atom is -0.496 e. The van der Waals surface area contributed by atoms with E-state index in [-0.39, 0.29) is 17.0 Å². The van der Waals surface area contributed by atoms with E-state index >= 15 is 0 Å². The lowest BCUT2D eigenvalue weighted by atomic mass is 10.1. The zero-order chi connectivity index (χ0) is 17.2. The second kappa shape index (κ2) is 6.68. The van der Waals surface area contributed by atoms with Gasteiger partial charge in [-0.25, -0.2) is 0 Å². The van der Waals surface area contributed by atoms with Crippen LogP contribution in [0.4, 0.5) is 18.9 Å². The number of alkyl halides is 3. The summed E-state index contributed by atoms with van der Waals surface area (Å²) in [5.74, 6) is -0.406. The number of nitrogens with one attached hydrogen (secondary N) is 1. The number of carbonyl (C=O) groups excluding carboxylic acids is 1. The molecule has 1 amide bonds. The predicted octanol–water partition coefficient (Wildman–Crippen LogP) is 5.27. The standard InChI is InChI=1S/C15H10Cl2F3NO2/c1-23-13-5-2-8(16)6-10(13)14(22)21-9-3-4-12(17)11(7-9)15(18,19)20/h2-7H,1H3,(H,21,22). The zero-order valence-corrected chi connectivity index (χ0v) is 13.2. The largest absolute Gasteiger partial charge is 0.496 e. The Labute approximate surface area is 140 Å². The molecule has 0 fully saturated rings. The summed E-state index contributed by atoms with van der Waals surface area (Å²) in [4.78, 5) is 12.2. The van der Waals surface area contributed by atoms with E-state index in [1.165, 1.54) is 31.4 Å². The molecule has 0 bridgehead atoms. The molecule has 8 heteroatoms. The molecule has 2 aromatic carbocycles. The normalized spacial score (nSPS) is 11.2. The molecule has 0 aliphatic heterocycles. The lowest BCUT2D eigenvalue weighted by molar-refractivity contribution is -0.137. The van der Waals surface area contributed by atoms with Crippen molar-refractivity contribution in [2.45, 2.75) is 6.18 Å². The van der Waals surface area contributed by atoms with Crippen LogP contribution >= 0.6 is 23.2 Å². The quantitative estimate of drug-likeness (QED) is 0.806. The van der Waals surface area contributed by atoms with Crippen LogP contribution in [0.2, 0.25) is 10.0 Å². The van der Waals surface area contributed by atoms with E-state index in [1.54, 1.807) is 0 Å². The number of amides is 1. The fourth-order valence-electron chi connectivity index (χ4n) is 1.88. The minimum absolute atomic E-state index is 0.0475. The molecule has 0 heterocycles. The molecule has 0 aliphatic rings. The van der Waals surface area contributed by atoms with Gasteiger partial charge in [-0.15, -0.1) is 0 Å². The Kier molecular flexibility index (Phi) is 5.06. The van der Waals surface area contributed by atoms with E-state index in [0.717, 1.165) is 12.1 Å². The summed E-state index contributed by atoms with van der Waals surface area (Å²) in [5, 5.41) is 2.21. The molecule has 0 aromatic heterocycles. The molecular weight excluding hydrogens is 354 g/mol. The molecule has 1 N–H and O–H groups in total. The van der Waals surface area contributed by atoms with Gasteiger partial charge in [-0.05, 0) is 36.4 Å². The first kappa shape index (κ1) is 17.4. The lowest BCUT2D eigenvalue weighted by Gasteiger charge is -2.13. The fourth-order valence-corrected chi connectivity index (χ4v) is 2.27. The first-order valence-corrected chi connectivity index (χ1v) is 6.99. The maximum absolute atomic E-state index is 12.8. The summed E-state index contributed by atoms with van der Waals surface area (Å²) in [6.45, 7) is 0. The highest BCUT2D eigenvalue weighted by Crippen LogP contribution is 2.36. The van der Waals surface area contributed by atoms with E-state index in [1.807, 2.05) is 0 Å². The van der Waals surface area contributed by atoms with Gasteiger partial charge in [0, 0.05) is 10.7 Å². The maximum Gasteiger partial charge on any atom is 0.417 e. The third kappa shape index (κ3) is 4.09. The van der Waals surface area contributed by atoms with E-state index in [2.05, 4.69) is 5.32 Å². The predicted molar refractivity (Wildman–Crippen MR) is 82.4 cm³/mol. The monoisotopic (exact) mass is 363 g/mol. The number of anilines is 1. The molecule has 0 saturated carbocycles. The van der Waals surface area contributed by atoms with Crippen molar-refractivity contribution in [3.8, 4) is 5.75 Å². The van der Waals surface area contributed by atoms with Crippen LogP contribution < -0.4 is 10.1 Å². The summed E-state index contributed by atoms with van der Waals surface area (Å²) in [5.41, 5.74) is -0.979. The SMILES string of the molecule is COc1ccc(Cl)cc1C(=O)Nc1ccc(Cl)c(C(F)(F)F)c1. The van der Waals surface area contributed by atoms with Crippen LogP contribution in [0, 0.1) is 0 Å². The van der Waals surface area contributed by atoms with Crippen molar-refractivity contribution in [1.82, 2.24) is 0 Å². The van der Waals surface area contributed by atoms with Crippen molar-refractivity contribution >= 4 is 34.8 Å². The van der Waals surface area contributed by atoms with Gasteiger partial charge in [-0.2, -0.15) is 13.2 Å². The summed E-state index contributed by atoms with van der Waals surface area (Å²) < 4.78 is 43.5. The van der Waals surface area contributed by atoms with Crippen molar-refractivity contribution < 1.29 is 22.7 Å². The molecule has 0 aliphatic carbocycles. The first-order valence-electron chi connectivity index (χ1n) is 6.24. The Morgan fingerprint density at radius 2 is 1.83 bits per heavy atom. The first-order chi connectivity index (χ1) is 10.7. The van der Waals surface area contributed by atoms with Gasteiger partial charge < -0.3 is 10.1 Å². The number of hydrogen-bond donors (Lipinski definition) is 1. The highest BCUT2D eigenvalue weighted by atomic mass is 35.5. The number of ether oxygens (including phenoxy) is 1. The number of methoxy groups -OCH3 is 1. The number of benzene rings is 2. The molecule has 0 atom stereocenters. The van der Waals surface area contributed by atoms with Crippen LogP contribution in [0.5, 0.6) is 5.75 Å². The molecule has 0 radical (unpaired) electrons. The Hall–Kier alpha value is -1.92. The maximum atomic E-state index is 12.8. The van der Waals surface area contributed by atoms with Gasteiger partial charge in [0.05, 0.1) is 23.3 Å². The molecule has 23 heavy (non-hydrogen) atoms. The van der Waals surface area contributed by atoms with Crippen molar-refractivity contribution in [2.24, 2.45) is 0 Å². The fraction of sp³-hybridized carbons (Fsp3) is 0.133. The third-order valence-corrected chi connectivity index (χ3v) is 3.50. The van der Waals surface area contributed by atoms with Gasteiger partial charge in [0.25, 0.3) is 5.91 Å². The topological polar surface area (TPSA) is 38.3 Å². The van der Waals surface area contributed by atoms with Gasteiger partial charge in [-0.1, -0.05) is 23.2 Å². The number of halogens is 5. The van der Waals surface area contributed by atoms with Gasteiger partial charge >= 0.3 is 6.18 Å². The van der Waals surface area contributed by atoms with E-state index < -0.39 is 22.7 Å². The molecule has 2 aromatic rings. The van der Waals surface area contributed by atoms with E-state index in [0.29, 0.717) is 5.02 Å². The Bertz CT molecular complexity index is 748.